The van der Waals surface area contributed by atoms with Crippen molar-refractivity contribution in [2.24, 2.45) is 5.41 Å². The molecule has 1 saturated heterocycles. The maximum Gasteiger partial charge on any atom is 0.238 e. The molecule has 2 amide bonds. The zero-order chi connectivity index (χ0) is 19.4. The predicted octanol–water partition coefficient (Wildman–Crippen LogP) is 2.68. The zero-order valence-electron chi connectivity index (χ0n) is 16.6. The van der Waals surface area contributed by atoms with Gasteiger partial charge in [-0.05, 0) is 31.2 Å². The standard InChI is InChI=1S/C23H31N3O2/c27-21(24-20-10-4-5-11-20)23(12-13-23)22(28)26-17-15-25(16-18-26)14-6-9-19-7-2-1-3-8-19/h1-3,6-9,20H,4-5,10-18H2,(H,24,27)/b9-6+. The molecule has 0 unspecified atom stereocenters. The van der Waals surface area contributed by atoms with Crippen molar-refractivity contribution in [1.29, 1.82) is 0 Å². The highest BCUT2D eigenvalue weighted by Crippen LogP contribution is 2.48. The van der Waals surface area contributed by atoms with Gasteiger partial charge in [0.1, 0.15) is 5.41 Å². The highest BCUT2D eigenvalue weighted by Gasteiger charge is 2.58. The molecule has 3 fully saturated rings. The van der Waals surface area contributed by atoms with Crippen LogP contribution < -0.4 is 5.32 Å². The average molecular weight is 382 g/mol. The molecule has 1 aromatic carbocycles. The molecule has 5 heteroatoms. The molecule has 1 N–H and O–H groups in total. The summed E-state index contributed by atoms with van der Waals surface area (Å²) in [6.07, 6.45) is 10.2. The van der Waals surface area contributed by atoms with E-state index >= 15 is 0 Å². The molecule has 0 atom stereocenters. The van der Waals surface area contributed by atoms with Crippen molar-refractivity contribution in [3.8, 4) is 0 Å². The van der Waals surface area contributed by atoms with E-state index < -0.39 is 5.41 Å². The van der Waals surface area contributed by atoms with Crippen molar-refractivity contribution < 1.29 is 9.59 Å². The van der Waals surface area contributed by atoms with Gasteiger partial charge in [-0.2, -0.15) is 0 Å². The highest BCUT2D eigenvalue weighted by molar-refractivity contribution is 6.08. The molecule has 1 aromatic rings. The lowest BCUT2D eigenvalue weighted by atomic mass is 10.0. The van der Waals surface area contributed by atoms with Gasteiger partial charge in [-0.15, -0.1) is 0 Å². The van der Waals surface area contributed by atoms with E-state index in [1.54, 1.807) is 0 Å². The normalized spacial score (nSPS) is 22.5. The fourth-order valence-electron chi connectivity index (χ4n) is 4.39. The Hall–Kier alpha value is -2.14. The van der Waals surface area contributed by atoms with Crippen molar-refractivity contribution >= 4 is 17.9 Å². The average Bonchev–Trinajstić information content (AvgIpc) is 3.39. The van der Waals surface area contributed by atoms with Gasteiger partial charge in [-0.25, -0.2) is 0 Å². The first-order valence-electron chi connectivity index (χ1n) is 10.7. The van der Waals surface area contributed by atoms with Crippen LogP contribution in [0, 0.1) is 5.41 Å². The van der Waals surface area contributed by atoms with Crippen LogP contribution in [0.1, 0.15) is 44.1 Å². The second-order valence-electron chi connectivity index (χ2n) is 8.44. The maximum absolute atomic E-state index is 13.0. The van der Waals surface area contributed by atoms with Crippen LogP contribution in [0.15, 0.2) is 36.4 Å². The Morgan fingerprint density at radius 1 is 1.04 bits per heavy atom. The van der Waals surface area contributed by atoms with Gasteiger partial charge >= 0.3 is 0 Å². The zero-order valence-corrected chi connectivity index (χ0v) is 16.6. The van der Waals surface area contributed by atoms with Gasteiger partial charge in [-0.3, -0.25) is 14.5 Å². The third kappa shape index (κ3) is 4.30. The Labute approximate surface area is 167 Å². The van der Waals surface area contributed by atoms with E-state index in [0.717, 1.165) is 45.6 Å². The maximum atomic E-state index is 13.0. The van der Waals surface area contributed by atoms with E-state index in [1.807, 2.05) is 23.1 Å². The number of amides is 2. The second kappa shape index (κ2) is 8.48. The van der Waals surface area contributed by atoms with Crippen molar-refractivity contribution in [1.82, 2.24) is 15.1 Å². The number of nitrogens with one attached hydrogen (secondary N) is 1. The number of carbonyl (C=O) groups excluding carboxylic acids is 2. The molecule has 2 saturated carbocycles. The molecule has 1 heterocycles. The molecular weight excluding hydrogens is 350 g/mol. The van der Waals surface area contributed by atoms with Crippen LogP contribution in [0.5, 0.6) is 0 Å². The van der Waals surface area contributed by atoms with Crippen LogP contribution in [-0.4, -0.2) is 60.4 Å². The van der Waals surface area contributed by atoms with E-state index in [4.69, 9.17) is 0 Å². The Morgan fingerprint density at radius 3 is 2.36 bits per heavy atom. The number of hydrogen-bond donors (Lipinski definition) is 1. The molecular formula is C23H31N3O2. The molecule has 0 spiro atoms. The number of carbonyl (C=O) groups is 2. The Kier molecular flexibility index (Phi) is 5.81. The summed E-state index contributed by atoms with van der Waals surface area (Å²) in [5.41, 5.74) is 0.457. The van der Waals surface area contributed by atoms with E-state index in [-0.39, 0.29) is 17.9 Å². The molecule has 28 heavy (non-hydrogen) atoms. The monoisotopic (exact) mass is 381 g/mol. The molecule has 2 aliphatic carbocycles. The molecule has 0 bridgehead atoms. The Morgan fingerprint density at radius 2 is 1.71 bits per heavy atom. The van der Waals surface area contributed by atoms with Crippen molar-refractivity contribution in [2.75, 3.05) is 32.7 Å². The van der Waals surface area contributed by atoms with Gasteiger partial charge in [0.2, 0.25) is 11.8 Å². The third-order valence-corrected chi connectivity index (χ3v) is 6.42. The largest absolute Gasteiger partial charge is 0.352 e. The minimum Gasteiger partial charge on any atom is -0.352 e. The van der Waals surface area contributed by atoms with Crippen LogP contribution in [0.3, 0.4) is 0 Å². The van der Waals surface area contributed by atoms with E-state index in [9.17, 15) is 9.59 Å². The van der Waals surface area contributed by atoms with Gasteiger partial charge in [0.25, 0.3) is 0 Å². The minimum atomic E-state index is -0.752. The SMILES string of the molecule is O=C(NC1CCCC1)C1(C(=O)N2CCN(C/C=C/c3ccccc3)CC2)CC1. The minimum absolute atomic E-state index is 0.0161. The van der Waals surface area contributed by atoms with Gasteiger partial charge in [0, 0.05) is 38.8 Å². The number of nitrogens with zero attached hydrogens (tertiary/aromatic N) is 2. The van der Waals surface area contributed by atoms with Crippen LogP contribution in [0.4, 0.5) is 0 Å². The van der Waals surface area contributed by atoms with Gasteiger partial charge < -0.3 is 10.2 Å². The van der Waals surface area contributed by atoms with Gasteiger partial charge in [0.05, 0.1) is 0 Å². The predicted molar refractivity (Wildman–Crippen MR) is 111 cm³/mol. The molecule has 150 valence electrons. The molecule has 0 radical (unpaired) electrons. The quantitative estimate of drug-likeness (QED) is 0.771. The van der Waals surface area contributed by atoms with Crippen molar-refractivity contribution in [3.63, 3.8) is 0 Å². The van der Waals surface area contributed by atoms with Crippen molar-refractivity contribution in [2.45, 2.75) is 44.6 Å². The molecule has 1 aliphatic heterocycles. The summed E-state index contributed by atoms with van der Waals surface area (Å²) in [6, 6.07) is 10.6. The number of piperazine rings is 1. The summed E-state index contributed by atoms with van der Waals surface area (Å²) in [4.78, 5) is 30.0. The summed E-state index contributed by atoms with van der Waals surface area (Å²) in [7, 11) is 0. The third-order valence-electron chi connectivity index (χ3n) is 6.42. The highest BCUT2D eigenvalue weighted by atomic mass is 16.2. The molecule has 0 aromatic heterocycles. The lowest BCUT2D eigenvalue weighted by Gasteiger charge is -2.36. The van der Waals surface area contributed by atoms with Crippen LogP contribution in [0.25, 0.3) is 6.08 Å². The van der Waals surface area contributed by atoms with Gasteiger partial charge in [0.15, 0.2) is 0 Å². The fourth-order valence-corrected chi connectivity index (χ4v) is 4.39. The first-order valence-corrected chi connectivity index (χ1v) is 10.7. The van der Waals surface area contributed by atoms with E-state index in [0.29, 0.717) is 12.8 Å². The Bertz CT molecular complexity index is 713. The molecule has 3 aliphatic rings. The smallest absolute Gasteiger partial charge is 0.238 e. The number of benzene rings is 1. The fraction of sp³-hybridized carbons (Fsp3) is 0.565. The summed E-state index contributed by atoms with van der Waals surface area (Å²) in [6.45, 7) is 4.06. The number of hydrogen-bond acceptors (Lipinski definition) is 3. The Balaban J connectivity index is 1.24. The molecule has 4 rings (SSSR count). The van der Waals surface area contributed by atoms with E-state index in [1.165, 1.54) is 18.4 Å². The lowest BCUT2D eigenvalue weighted by molar-refractivity contribution is -0.145. The summed E-state index contributed by atoms with van der Waals surface area (Å²) in [5.74, 6) is 0.0418. The van der Waals surface area contributed by atoms with E-state index in [2.05, 4.69) is 34.5 Å². The first-order chi connectivity index (χ1) is 13.7. The summed E-state index contributed by atoms with van der Waals surface area (Å²) < 4.78 is 0. The van der Waals surface area contributed by atoms with Crippen LogP contribution in [-0.2, 0) is 9.59 Å². The topological polar surface area (TPSA) is 52.7 Å². The molecule has 5 nitrogen and oxygen atoms in total. The number of rotatable bonds is 6. The second-order valence-corrected chi connectivity index (χ2v) is 8.44. The van der Waals surface area contributed by atoms with Crippen molar-refractivity contribution in [3.05, 3.63) is 42.0 Å². The lowest BCUT2D eigenvalue weighted by Crippen LogP contribution is -2.53. The summed E-state index contributed by atoms with van der Waals surface area (Å²) >= 11 is 0. The van der Waals surface area contributed by atoms with Crippen LogP contribution in [0.2, 0.25) is 0 Å². The van der Waals surface area contributed by atoms with Crippen LogP contribution >= 0.6 is 0 Å². The summed E-state index contributed by atoms with van der Waals surface area (Å²) in [5, 5.41) is 3.15. The first kappa shape index (κ1) is 19.2. The van der Waals surface area contributed by atoms with Gasteiger partial charge in [-0.1, -0.05) is 55.3 Å².